The molecular formula is C25H20ClFN8O2. The maximum Gasteiger partial charge on any atom is 0.273 e. The fraction of sp³-hybridized carbons (Fsp3) is 0.200. The quantitative estimate of drug-likeness (QED) is 0.340. The van der Waals surface area contributed by atoms with Gasteiger partial charge in [0.05, 0.1) is 47.4 Å². The Kier molecular flexibility index (Phi) is 5.56. The first-order valence-corrected chi connectivity index (χ1v) is 12.0. The lowest BCUT2D eigenvalue weighted by Crippen LogP contribution is -2.23. The van der Waals surface area contributed by atoms with Crippen LogP contribution >= 0.6 is 11.6 Å². The van der Waals surface area contributed by atoms with Crippen molar-refractivity contribution in [2.75, 3.05) is 0 Å². The van der Waals surface area contributed by atoms with Crippen LogP contribution < -0.4 is 11.1 Å². The number of imidazole rings is 1. The van der Waals surface area contributed by atoms with Crippen molar-refractivity contribution in [2.45, 2.75) is 31.8 Å². The maximum absolute atomic E-state index is 14.4. The van der Waals surface area contributed by atoms with Gasteiger partial charge >= 0.3 is 0 Å². The monoisotopic (exact) mass is 518 g/mol. The summed E-state index contributed by atoms with van der Waals surface area (Å²) in [5.74, 6) is -1.16. The lowest BCUT2D eigenvalue weighted by Gasteiger charge is -2.09. The zero-order valence-corrected chi connectivity index (χ0v) is 20.1. The first kappa shape index (κ1) is 23.0. The van der Waals surface area contributed by atoms with E-state index in [2.05, 4.69) is 25.6 Å². The first-order chi connectivity index (χ1) is 17.9. The third-order valence-electron chi connectivity index (χ3n) is 6.38. The van der Waals surface area contributed by atoms with Crippen molar-refractivity contribution in [3.8, 4) is 0 Å². The van der Waals surface area contributed by atoms with Crippen LogP contribution in [0.25, 0.3) is 16.4 Å². The highest BCUT2D eigenvalue weighted by molar-refractivity contribution is 6.31. The largest absolute Gasteiger partial charge is 0.366 e. The minimum absolute atomic E-state index is 0.0254. The van der Waals surface area contributed by atoms with Crippen LogP contribution in [0.4, 0.5) is 4.39 Å². The molecule has 0 unspecified atom stereocenters. The van der Waals surface area contributed by atoms with Crippen molar-refractivity contribution in [1.29, 1.82) is 0 Å². The lowest BCUT2D eigenvalue weighted by molar-refractivity contribution is 0.0944. The van der Waals surface area contributed by atoms with Crippen LogP contribution in [0.2, 0.25) is 5.02 Å². The van der Waals surface area contributed by atoms with Gasteiger partial charge in [-0.15, -0.1) is 5.10 Å². The Morgan fingerprint density at radius 1 is 1.22 bits per heavy atom. The molecule has 3 N–H and O–H groups in total. The predicted molar refractivity (Wildman–Crippen MR) is 133 cm³/mol. The number of carbonyl (C=O) groups excluding carboxylic acids is 2. The number of halogens is 2. The molecule has 6 rings (SSSR count). The Labute approximate surface area is 214 Å². The van der Waals surface area contributed by atoms with Crippen molar-refractivity contribution in [3.63, 3.8) is 0 Å². The smallest absolute Gasteiger partial charge is 0.273 e. The average Bonchev–Trinajstić information content (AvgIpc) is 3.49. The summed E-state index contributed by atoms with van der Waals surface area (Å²) in [4.78, 5) is 33.4. The van der Waals surface area contributed by atoms with Gasteiger partial charge in [0.15, 0.2) is 11.5 Å². The van der Waals surface area contributed by atoms with E-state index in [-0.39, 0.29) is 29.3 Å². The molecule has 1 aliphatic rings. The van der Waals surface area contributed by atoms with Gasteiger partial charge in [0.1, 0.15) is 5.52 Å². The summed E-state index contributed by atoms with van der Waals surface area (Å²) >= 11 is 5.87. The number of nitrogens with zero attached hydrogens (tertiary/aromatic N) is 6. The topological polar surface area (TPSA) is 133 Å². The molecule has 1 aromatic carbocycles. The number of pyridine rings is 2. The summed E-state index contributed by atoms with van der Waals surface area (Å²) < 4.78 is 17.4. The molecule has 4 heterocycles. The van der Waals surface area contributed by atoms with Gasteiger partial charge in [0.25, 0.3) is 11.8 Å². The molecule has 1 aliphatic carbocycles. The van der Waals surface area contributed by atoms with Crippen molar-refractivity contribution in [1.82, 2.24) is 34.7 Å². The number of nitrogens with one attached hydrogen (secondary N) is 1. The van der Waals surface area contributed by atoms with E-state index in [1.54, 1.807) is 12.3 Å². The van der Waals surface area contributed by atoms with Gasteiger partial charge in [-0.25, -0.2) is 14.1 Å². The Bertz CT molecular complexity index is 1710. The van der Waals surface area contributed by atoms with Crippen LogP contribution in [0.15, 0.2) is 49.2 Å². The molecule has 0 spiro atoms. The molecule has 0 radical (unpaired) electrons. The number of amides is 2. The van der Waals surface area contributed by atoms with E-state index >= 15 is 0 Å². The van der Waals surface area contributed by atoms with Gasteiger partial charge in [0.2, 0.25) is 0 Å². The van der Waals surface area contributed by atoms with Crippen LogP contribution in [-0.4, -0.2) is 41.2 Å². The Morgan fingerprint density at radius 2 is 2.05 bits per heavy atom. The third kappa shape index (κ3) is 4.38. The molecule has 0 saturated heterocycles. The second kappa shape index (κ2) is 8.93. The predicted octanol–water partition coefficient (Wildman–Crippen LogP) is 3.22. The number of fused-ring (bicyclic) bond motifs is 2. The average molecular weight is 519 g/mol. The van der Waals surface area contributed by atoms with E-state index in [0.717, 1.165) is 29.4 Å². The minimum Gasteiger partial charge on any atom is -0.366 e. The molecule has 37 heavy (non-hydrogen) atoms. The summed E-state index contributed by atoms with van der Waals surface area (Å²) in [5, 5.41) is 11.5. The SMILES string of the molecule is NC(=O)c1cc(Cn2cc(C(=O)NCc3ncn4ccc(Cl)c(F)c34)nn2)cc2cc(C3CC3)cnc12. The fourth-order valence-corrected chi connectivity index (χ4v) is 4.53. The molecule has 186 valence electrons. The summed E-state index contributed by atoms with van der Waals surface area (Å²) in [6.45, 7) is 0.238. The molecule has 0 aliphatic heterocycles. The van der Waals surface area contributed by atoms with Crippen molar-refractivity contribution in [2.24, 2.45) is 5.73 Å². The number of carbonyl (C=O) groups is 2. The molecular weight excluding hydrogens is 499 g/mol. The number of hydrogen-bond acceptors (Lipinski definition) is 6. The molecule has 1 fully saturated rings. The molecule has 12 heteroatoms. The summed E-state index contributed by atoms with van der Waals surface area (Å²) in [7, 11) is 0. The number of aromatic nitrogens is 6. The zero-order valence-electron chi connectivity index (χ0n) is 19.4. The Morgan fingerprint density at radius 3 is 2.84 bits per heavy atom. The van der Waals surface area contributed by atoms with Crippen LogP contribution in [0.1, 0.15) is 56.4 Å². The van der Waals surface area contributed by atoms with E-state index in [1.807, 2.05) is 18.3 Å². The van der Waals surface area contributed by atoms with E-state index in [4.69, 9.17) is 17.3 Å². The van der Waals surface area contributed by atoms with Gasteiger partial charge in [0, 0.05) is 17.8 Å². The van der Waals surface area contributed by atoms with Crippen LogP contribution in [0.5, 0.6) is 0 Å². The number of rotatable bonds is 7. The maximum atomic E-state index is 14.4. The standard InChI is InChI=1S/C25H20ClFN8O2/c26-18-3-4-34-12-31-19(23(34)21(18)27)9-30-25(37)20-11-35(33-32-20)10-13-5-15-7-16(14-1-2-14)8-29-22(15)17(6-13)24(28)36/h3-8,11-12,14H,1-2,9-10H2,(H2,28,36)(H,30,37). The van der Waals surface area contributed by atoms with Crippen LogP contribution in [0.3, 0.4) is 0 Å². The van der Waals surface area contributed by atoms with E-state index in [0.29, 0.717) is 22.7 Å². The lowest BCUT2D eigenvalue weighted by atomic mass is 10.0. The van der Waals surface area contributed by atoms with E-state index in [9.17, 15) is 14.0 Å². The van der Waals surface area contributed by atoms with Gasteiger partial charge in [-0.1, -0.05) is 16.8 Å². The third-order valence-corrected chi connectivity index (χ3v) is 6.67. The first-order valence-electron chi connectivity index (χ1n) is 11.6. The van der Waals surface area contributed by atoms with Crippen LogP contribution in [0, 0.1) is 5.82 Å². The molecule has 0 bridgehead atoms. The number of primary amides is 1. The fourth-order valence-electron chi connectivity index (χ4n) is 4.38. The van der Waals surface area contributed by atoms with Crippen LogP contribution in [-0.2, 0) is 13.1 Å². The zero-order chi connectivity index (χ0) is 25.7. The molecule has 0 atom stereocenters. The van der Waals surface area contributed by atoms with Gasteiger partial charge < -0.3 is 15.5 Å². The summed E-state index contributed by atoms with van der Waals surface area (Å²) in [6.07, 6.45) is 8.61. The second-order valence-electron chi connectivity index (χ2n) is 9.03. The molecule has 5 aromatic rings. The molecule has 4 aromatic heterocycles. The molecule has 10 nitrogen and oxygen atoms in total. The van der Waals surface area contributed by atoms with E-state index in [1.165, 1.54) is 27.7 Å². The Balaban J connectivity index is 1.20. The van der Waals surface area contributed by atoms with Crippen molar-refractivity contribution in [3.05, 3.63) is 88.1 Å². The highest BCUT2D eigenvalue weighted by atomic mass is 35.5. The van der Waals surface area contributed by atoms with Crippen molar-refractivity contribution >= 4 is 39.8 Å². The summed E-state index contributed by atoms with van der Waals surface area (Å²) in [5.41, 5.74) is 9.02. The van der Waals surface area contributed by atoms with Gasteiger partial charge in [-0.2, -0.15) is 0 Å². The number of hydrogen-bond donors (Lipinski definition) is 2. The number of nitrogens with two attached hydrogens (primary N) is 1. The summed E-state index contributed by atoms with van der Waals surface area (Å²) in [6, 6.07) is 7.09. The minimum atomic E-state index is -0.609. The highest BCUT2D eigenvalue weighted by Crippen LogP contribution is 2.40. The van der Waals surface area contributed by atoms with Crippen molar-refractivity contribution < 1.29 is 14.0 Å². The highest BCUT2D eigenvalue weighted by Gasteiger charge is 2.24. The van der Waals surface area contributed by atoms with Gasteiger partial charge in [-0.3, -0.25) is 14.6 Å². The van der Waals surface area contributed by atoms with Gasteiger partial charge in [-0.05, 0) is 54.2 Å². The molecule has 1 saturated carbocycles. The number of benzene rings is 1. The second-order valence-corrected chi connectivity index (χ2v) is 9.44. The Hall–Kier alpha value is -4.38. The van der Waals surface area contributed by atoms with E-state index < -0.39 is 17.6 Å². The normalized spacial score (nSPS) is 13.4. The molecule has 2 amide bonds.